The lowest BCUT2D eigenvalue weighted by atomic mass is 9.98. The molecule has 1 saturated carbocycles. The molecule has 0 amide bonds. The number of piperidine rings is 1. The predicted molar refractivity (Wildman–Crippen MR) is 121 cm³/mol. The first-order valence-corrected chi connectivity index (χ1v) is 11.5. The van der Waals surface area contributed by atoms with Gasteiger partial charge in [0.25, 0.3) is 5.92 Å². The van der Waals surface area contributed by atoms with Gasteiger partial charge in [0.15, 0.2) is 11.3 Å². The molecule has 4 aromatic rings. The number of alkyl halides is 3. The summed E-state index contributed by atoms with van der Waals surface area (Å²) in [5.74, 6) is -2.31. The van der Waals surface area contributed by atoms with E-state index in [0.29, 0.717) is 25.6 Å². The standard InChI is InChI=1S/C24H22F3N7/c1-14-5-4-6-16-19(14)28-22(32-10-8-17-23(25,13-32)24(17,26)27)29-21(16)33-11-15(12-33)20-31-30-18-7-2-3-9-34(18)20/h2-7,9,15,17H,8,10-13H2,1H3. The van der Waals surface area contributed by atoms with Crippen molar-refractivity contribution in [3.63, 3.8) is 0 Å². The topological polar surface area (TPSA) is 62.5 Å². The molecule has 3 aliphatic rings. The minimum atomic E-state index is -3.26. The molecule has 0 spiro atoms. The summed E-state index contributed by atoms with van der Waals surface area (Å²) in [7, 11) is 0. The van der Waals surface area contributed by atoms with Crippen molar-refractivity contribution >= 4 is 28.3 Å². The van der Waals surface area contributed by atoms with Crippen molar-refractivity contribution in [2.45, 2.75) is 30.9 Å². The van der Waals surface area contributed by atoms with Crippen molar-refractivity contribution in [3.05, 3.63) is 54.0 Å². The van der Waals surface area contributed by atoms with Crippen LogP contribution in [0.1, 0.15) is 23.7 Å². The van der Waals surface area contributed by atoms with Gasteiger partial charge in [-0.3, -0.25) is 4.40 Å². The third kappa shape index (κ3) is 2.59. The molecule has 2 aliphatic heterocycles. The quantitative estimate of drug-likeness (QED) is 0.459. The largest absolute Gasteiger partial charge is 0.354 e. The molecule has 7 rings (SSSR count). The Labute approximate surface area is 193 Å². The molecular formula is C24H22F3N7. The van der Waals surface area contributed by atoms with E-state index in [9.17, 15) is 13.2 Å². The number of halogens is 3. The number of aryl methyl sites for hydroxylation is 1. The molecule has 0 N–H and O–H groups in total. The first kappa shape index (κ1) is 20.0. The molecule has 5 heterocycles. The van der Waals surface area contributed by atoms with Crippen LogP contribution in [0.25, 0.3) is 16.6 Å². The van der Waals surface area contributed by atoms with E-state index < -0.39 is 17.5 Å². The number of rotatable bonds is 3. The summed E-state index contributed by atoms with van der Waals surface area (Å²) >= 11 is 0. The summed E-state index contributed by atoms with van der Waals surface area (Å²) in [6.07, 6.45) is 2.05. The fourth-order valence-corrected chi connectivity index (χ4v) is 5.54. The lowest BCUT2D eigenvalue weighted by molar-refractivity contribution is 0.0446. The van der Waals surface area contributed by atoms with Gasteiger partial charge in [-0.15, -0.1) is 10.2 Å². The summed E-state index contributed by atoms with van der Waals surface area (Å²) in [4.78, 5) is 13.2. The number of hydrogen-bond acceptors (Lipinski definition) is 6. The van der Waals surface area contributed by atoms with Crippen molar-refractivity contribution in [3.8, 4) is 0 Å². The van der Waals surface area contributed by atoms with E-state index in [4.69, 9.17) is 9.97 Å². The number of para-hydroxylation sites is 1. The van der Waals surface area contributed by atoms with Gasteiger partial charge in [-0.2, -0.15) is 4.98 Å². The van der Waals surface area contributed by atoms with Crippen LogP contribution < -0.4 is 9.80 Å². The van der Waals surface area contributed by atoms with E-state index in [1.165, 1.54) is 0 Å². The summed E-state index contributed by atoms with van der Waals surface area (Å²) < 4.78 is 44.8. The van der Waals surface area contributed by atoms with Gasteiger partial charge in [-0.25, -0.2) is 18.2 Å². The summed E-state index contributed by atoms with van der Waals surface area (Å²) in [5.41, 5.74) is 0.0502. The van der Waals surface area contributed by atoms with Crippen molar-refractivity contribution < 1.29 is 13.2 Å². The normalized spacial score (nSPS) is 26.1. The first-order chi connectivity index (χ1) is 16.4. The third-order valence-electron chi connectivity index (χ3n) is 7.63. The SMILES string of the molecule is Cc1cccc2c(N3CC(c4nnc5ccccn45)C3)nc(N3CCC4C(F)(F)C4(F)C3)nc12. The van der Waals surface area contributed by atoms with E-state index in [0.717, 1.165) is 33.8 Å². The molecule has 3 fully saturated rings. The Kier molecular flexibility index (Phi) is 3.87. The van der Waals surface area contributed by atoms with Gasteiger partial charge >= 0.3 is 0 Å². The number of hydrogen-bond donors (Lipinski definition) is 0. The fraction of sp³-hybridized carbons (Fsp3) is 0.417. The lowest BCUT2D eigenvalue weighted by Crippen LogP contribution is -2.47. The maximum Gasteiger partial charge on any atom is 0.289 e. The molecule has 2 saturated heterocycles. The molecule has 34 heavy (non-hydrogen) atoms. The van der Waals surface area contributed by atoms with Gasteiger partial charge in [-0.1, -0.05) is 18.2 Å². The molecule has 1 aromatic carbocycles. The minimum absolute atomic E-state index is 0.0970. The summed E-state index contributed by atoms with van der Waals surface area (Å²) in [6, 6.07) is 11.7. The fourth-order valence-electron chi connectivity index (χ4n) is 5.54. The van der Waals surface area contributed by atoms with Crippen LogP contribution in [0.4, 0.5) is 24.9 Å². The Bertz CT molecular complexity index is 1450. The zero-order valence-electron chi connectivity index (χ0n) is 18.5. The number of benzene rings is 1. The summed E-state index contributed by atoms with van der Waals surface area (Å²) in [6.45, 7) is 3.29. The van der Waals surface area contributed by atoms with Gasteiger partial charge in [0.2, 0.25) is 5.95 Å². The second kappa shape index (κ2) is 6.58. The van der Waals surface area contributed by atoms with E-state index in [1.807, 2.05) is 53.9 Å². The van der Waals surface area contributed by atoms with Gasteiger partial charge in [0.05, 0.1) is 23.9 Å². The number of fused-ring (bicyclic) bond motifs is 3. The van der Waals surface area contributed by atoms with Crippen LogP contribution in [0.15, 0.2) is 42.6 Å². The number of anilines is 2. The minimum Gasteiger partial charge on any atom is -0.354 e. The highest BCUT2D eigenvalue weighted by Gasteiger charge is 2.83. The van der Waals surface area contributed by atoms with Gasteiger partial charge in [0, 0.05) is 31.2 Å². The zero-order chi connectivity index (χ0) is 23.2. The number of aromatic nitrogens is 5. The Morgan fingerprint density at radius 1 is 0.971 bits per heavy atom. The van der Waals surface area contributed by atoms with Crippen LogP contribution in [-0.4, -0.2) is 62.3 Å². The maximum absolute atomic E-state index is 14.9. The van der Waals surface area contributed by atoms with Gasteiger partial charge in [0.1, 0.15) is 11.6 Å². The second-order valence-corrected chi connectivity index (χ2v) is 9.66. The predicted octanol–water partition coefficient (Wildman–Crippen LogP) is 3.77. The summed E-state index contributed by atoms with van der Waals surface area (Å²) in [5, 5.41) is 9.53. The van der Waals surface area contributed by atoms with E-state index in [2.05, 4.69) is 15.1 Å². The highest BCUT2D eigenvalue weighted by Crippen LogP contribution is 2.65. The van der Waals surface area contributed by atoms with Crippen LogP contribution in [0.3, 0.4) is 0 Å². The van der Waals surface area contributed by atoms with Crippen LogP contribution in [-0.2, 0) is 0 Å². The van der Waals surface area contributed by atoms with Crippen molar-refractivity contribution in [2.75, 3.05) is 36.0 Å². The van der Waals surface area contributed by atoms with E-state index in [-0.39, 0.29) is 18.9 Å². The lowest BCUT2D eigenvalue weighted by Gasteiger charge is -2.40. The molecule has 2 atom stereocenters. The third-order valence-corrected chi connectivity index (χ3v) is 7.63. The second-order valence-electron chi connectivity index (χ2n) is 9.66. The molecule has 174 valence electrons. The Morgan fingerprint density at radius 3 is 2.65 bits per heavy atom. The average molecular weight is 465 g/mol. The smallest absolute Gasteiger partial charge is 0.289 e. The number of pyridine rings is 1. The van der Waals surface area contributed by atoms with Crippen molar-refractivity contribution in [1.29, 1.82) is 0 Å². The van der Waals surface area contributed by atoms with Gasteiger partial charge < -0.3 is 9.80 Å². The van der Waals surface area contributed by atoms with Crippen molar-refractivity contribution in [2.24, 2.45) is 5.92 Å². The zero-order valence-corrected chi connectivity index (χ0v) is 18.5. The molecule has 1 aliphatic carbocycles. The van der Waals surface area contributed by atoms with Crippen LogP contribution in [0, 0.1) is 12.8 Å². The molecule has 3 aromatic heterocycles. The van der Waals surface area contributed by atoms with E-state index in [1.54, 1.807) is 4.90 Å². The Balaban J connectivity index is 1.23. The van der Waals surface area contributed by atoms with Crippen LogP contribution in [0.2, 0.25) is 0 Å². The Hall–Kier alpha value is -3.43. The molecule has 0 bridgehead atoms. The van der Waals surface area contributed by atoms with Crippen LogP contribution in [0.5, 0.6) is 0 Å². The molecular weight excluding hydrogens is 443 g/mol. The van der Waals surface area contributed by atoms with Crippen LogP contribution >= 0.6 is 0 Å². The molecule has 10 heteroatoms. The molecule has 2 unspecified atom stereocenters. The Morgan fingerprint density at radius 2 is 1.82 bits per heavy atom. The van der Waals surface area contributed by atoms with Crippen molar-refractivity contribution in [1.82, 2.24) is 24.6 Å². The number of nitrogens with zero attached hydrogens (tertiary/aromatic N) is 7. The van der Waals surface area contributed by atoms with E-state index >= 15 is 0 Å². The highest BCUT2D eigenvalue weighted by atomic mass is 19.3. The molecule has 7 nitrogen and oxygen atoms in total. The first-order valence-electron chi connectivity index (χ1n) is 11.5. The monoisotopic (exact) mass is 465 g/mol. The van der Waals surface area contributed by atoms with Gasteiger partial charge in [-0.05, 0) is 37.1 Å². The average Bonchev–Trinajstić information content (AvgIpc) is 3.07. The maximum atomic E-state index is 14.9. The molecule has 0 radical (unpaired) electrons. The highest BCUT2D eigenvalue weighted by molar-refractivity contribution is 5.93.